The smallest absolute Gasteiger partial charge is 0.0364 e. The minimum absolute atomic E-state index is 0.631. The van der Waals surface area contributed by atoms with E-state index in [1.54, 1.807) is 5.57 Å². The van der Waals surface area contributed by atoms with Gasteiger partial charge in [-0.3, -0.25) is 0 Å². The van der Waals surface area contributed by atoms with Gasteiger partial charge >= 0.3 is 0 Å². The molecule has 0 aromatic rings. The molecule has 0 heterocycles. The quantitative estimate of drug-likeness (QED) is 0.723. The molecule has 80 valence electrons. The Labute approximate surface area is 88.3 Å². The second-order valence-corrected chi connectivity index (χ2v) is 4.66. The molecule has 1 aliphatic carbocycles. The van der Waals surface area contributed by atoms with E-state index in [-0.39, 0.29) is 0 Å². The predicted molar refractivity (Wildman–Crippen MR) is 63.1 cm³/mol. The van der Waals surface area contributed by atoms with Crippen LogP contribution in [0, 0.1) is 11.8 Å². The molecule has 0 radical (unpaired) electrons. The van der Waals surface area contributed by atoms with Crippen molar-refractivity contribution in [1.82, 2.24) is 5.32 Å². The Morgan fingerprint density at radius 2 is 1.79 bits per heavy atom. The molecule has 0 unspecified atom stereocenters. The van der Waals surface area contributed by atoms with Crippen LogP contribution in [-0.4, -0.2) is 7.05 Å². The maximum absolute atomic E-state index is 3.38. The molecule has 0 aliphatic heterocycles. The average Bonchev–Trinajstić information content (AvgIpc) is 2.16. The van der Waals surface area contributed by atoms with E-state index in [2.05, 4.69) is 39.1 Å². The van der Waals surface area contributed by atoms with Crippen LogP contribution in [0.4, 0.5) is 0 Å². The Balaban J connectivity index is 3.04. The van der Waals surface area contributed by atoms with Crippen molar-refractivity contribution >= 4 is 0 Å². The van der Waals surface area contributed by atoms with Gasteiger partial charge in [-0.2, -0.15) is 0 Å². The highest BCUT2D eigenvalue weighted by Gasteiger charge is 2.18. The maximum atomic E-state index is 3.38. The summed E-state index contributed by atoms with van der Waals surface area (Å²) in [7, 11) is 2.04. The van der Waals surface area contributed by atoms with Gasteiger partial charge in [-0.15, -0.1) is 0 Å². The van der Waals surface area contributed by atoms with Gasteiger partial charge in [0.1, 0.15) is 0 Å². The Morgan fingerprint density at radius 1 is 1.14 bits per heavy atom. The van der Waals surface area contributed by atoms with Gasteiger partial charge in [-0.05, 0) is 35.8 Å². The van der Waals surface area contributed by atoms with Crippen molar-refractivity contribution in [2.45, 2.75) is 40.5 Å². The molecule has 0 bridgehead atoms. The molecular formula is C13H23N. The van der Waals surface area contributed by atoms with E-state index >= 15 is 0 Å². The lowest BCUT2D eigenvalue weighted by Gasteiger charge is -2.26. The third kappa shape index (κ3) is 2.20. The largest absolute Gasteiger partial charge is 0.388 e. The van der Waals surface area contributed by atoms with Crippen LogP contribution in [-0.2, 0) is 0 Å². The first kappa shape index (κ1) is 11.4. The van der Waals surface area contributed by atoms with E-state index in [9.17, 15) is 0 Å². The molecule has 0 fully saturated rings. The number of likely N-dealkylation sites (N-methyl/N-ethyl adjacent to an activating group) is 1. The highest BCUT2D eigenvalue weighted by atomic mass is 14.8. The van der Waals surface area contributed by atoms with Crippen molar-refractivity contribution < 1.29 is 0 Å². The molecule has 0 saturated carbocycles. The zero-order valence-corrected chi connectivity index (χ0v) is 10.1. The van der Waals surface area contributed by atoms with Gasteiger partial charge in [-0.1, -0.05) is 33.8 Å². The first-order valence-electron chi connectivity index (χ1n) is 5.69. The summed E-state index contributed by atoms with van der Waals surface area (Å²) in [5.74, 6) is 1.30. The Kier molecular flexibility index (Phi) is 3.79. The van der Waals surface area contributed by atoms with Crippen LogP contribution in [0.25, 0.3) is 0 Å². The summed E-state index contributed by atoms with van der Waals surface area (Å²) >= 11 is 0. The molecule has 1 N–H and O–H groups in total. The number of allylic oxidation sites excluding steroid dienone is 3. The van der Waals surface area contributed by atoms with Crippen molar-refractivity contribution in [2.24, 2.45) is 11.8 Å². The first-order chi connectivity index (χ1) is 6.57. The molecule has 1 rings (SSSR count). The van der Waals surface area contributed by atoms with E-state index < -0.39 is 0 Å². The van der Waals surface area contributed by atoms with Crippen molar-refractivity contribution in [3.8, 4) is 0 Å². The van der Waals surface area contributed by atoms with Gasteiger partial charge in [0.2, 0.25) is 0 Å². The second-order valence-electron chi connectivity index (χ2n) is 4.66. The Hall–Kier alpha value is -0.720. The van der Waals surface area contributed by atoms with Crippen LogP contribution in [0.15, 0.2) is 22.9 Å². The normalized spacial score (nSPS) is 17.8. The molecular weight excluding hydrogens is 170 g/mol. The highest BCUT2D eigenvalue weighted by Crippen LogP contribution is 2.31. The lowest BCUT2D eigenvalue weighted by Crippen LogP contribution is -2.19. The lowest BCUT2D eigenvalue weighted by atomic mass is 9.84. The number of hydrogen-bond acceptors (Lipinski definition) is 1. The summed E-state index contributed by atoms with van der Waals surface area (Å²) in [4.78, 5) is 0. The molecule has 0 saturated heterocycles. The van der Waals surface area contributed by atoms with Gasteiger partial charge < -0.3 is 5.32 Å². The summed E-state index contributed by atoms with van der Waals surface area (Å²) in [5, 5.41) is 3.38. The van der Waals surface area contributed by atoms with Crippen LogP contribution in [0.3, 0.4) is 0 Å². The van der Waals surface area contributed by atoms with E-state index in [1.165, 1.54) is 24.1 Å². The van der Waals surface area contributed by atoms with E-state index in [4.69, 9.17) is 0 Å². The molecule has 14 heavy (non-hydrogen) atoms. The van der Waals surface area contributed by atoms with Gasteiger partial charge in [0.05, 0.1) is 0 Å². The number of rotatable bonds is 3. The molecule has 1 aliphatic rings. The molecule has 1 nitrogen and oxygen atoms in total. The molecule has 0 aromatic heterocycles. The van der Waals surface area contributed by atoms with Crippen molar-refractivity contribution in [2.75, 3.05) is 7.05 Å². The third-order valence-electron chi connectivity index (χ3n) is 2.96. The van der Waals surface area contributed by atoms with Gasteiger partial charge in [0.25, 0.3) is 0 Å². The van der Waals surface area contributed by atoms with Gasteiger partial charge in [-0.25, -0.2) is 0 Å². The lowest BCUT2D eigenvalue weighted by molar-refractivity contribution is 0.647. The maximum Gasteiger partial charge on any atom is 0.0364 e. The molecule has 0 spiro atoms. The van der Waals surface area contributed by atoms with Crippen LogP contribution in [0.1, 0.15) is 40.5 Å². The average molecular weight is 193 g/mol. The van der Waals surface area contributed by atoms with Crippen LogP contribution in [0.5, 0.6) is 0 Å². The fourth-order valence-electron chi connectivity index (χ4n) is 2.20. The van der Waals surface area contributed by atoms with E-state index in [0.717, 1.165) is 0 Å². The zero-order valence-electron chi connectivity index (χ0n) is 10.1. The predicted octanol–water partition coefficient (Wildman–Crippen LogP) is 3.49. The standard InChI is InChI=1S/C13H23N/c1-9(2)11-7-6-8-12(10(3)4)13(11)14-5/h7,9-10,14H,6,8H2,1-5H3. The molecule has 1 heteroatoms. The number of nitrogens with one attached hydrogen (secondary N) is 1. The molecule has 0 amide bonds. The topological polar surface area (TPSA) is 12.0 Å². The first-order valence-corrected chi connectivity index (χ1v) is 5.69. The SMILES string of the molecule is CNC1=C(C(C)C)CCC=C1C(C)C. The van der Waals surface area contributed by atoms with Crippen molar-refractivity contribution in [3.63, 3.8) is 0 Å². The van der Waals surface area contributed by atoms with Gasteiger partial charge in [0, 0.05) is 12.7 Å². The molecule has 0 aromatic carbocycles. The fraction of sp³-hybridized carbons (Fsp3) is 0.692. The summed E-state index contributed by atoms with van der Waals surface area (Å²) in [6.45, 7) is 9.12. The summed E-state index contributed by atoms with van der Waals surface area (Å²) in [6.07, 6.45) is 4.83. The minimum Gasteiger partial charge on any atom is -0.388 e. The second kappa shape index (κ2) is 4.68. The highest BCUT2D eigenvalue weighted by molar-refractivity contribution is 5.38. The van der Waals surface area contributed by atoms with Crippen molar-refractivity contribution in [3.05, 3.63) is 22.9 Å². The van der Waals surface area contributed by atoms with Crippen molar-refractivity contribution in [1.29, 1.82) is 0 Å². The third-order valence-corrected chi connectivity index (χ3v) is 2.96. The fourth-order valence-corrected chi connectivity index (χ4v) is 2.20. The van der Waals surface area contributed by atoms with Gasteiger partial charge in [0.15, 0.2) is 0 Å². The summed E-state index contributed by atoms with van der Waals surface area (Å²) < 4.78 is 0. The Bertz CT molecular complexity index is 256. The number of hydrogen-bond donors (Lipinski definition) is 1. The van der Waals surface area contributed by atoms with E-state index in [1.807, 2.05) is 7.05 Å². The van der Waals surface area contributed by atoms with Crippen LogP contribution in [0.2, 0.25) is 0 Å². The van der Waals surface area contributed by atoms with Crippen LogP contribution >= 0.6 is 0 Å². The monoisotopic (exact) mass is 193 g/mol. The summed E-state index contributed by atoms with van der Waals surface area (Å²) in [6, 6.07) is 0. The van der Waals surface area contributed by atoms with Crippen LogP contribution < -0.4 is 5.32 Å². The zero-order chi connectivity index (χ0) is 10.7. The Morgan fingerprint density at radius 3 is 2.21 bits per heavy atom. The summed E-state index contributed by atoms with van der Waals surface area (Å²) in [5.41, 5.74) is 4.50. The van der Waals surface area contributed by atoms with E-state index in [0.29, 0.717) is 11.8 Å². The minimum atomic E-state index is 0.631. The molecule has 0 atom stereocenters.